The highest BCUT2D eigenvalue weighted by Gasteiger charge is 2.10. The van der Waals surface area contributed by atoms with Crippen molar-refractivity contribution in [3.05, 3.63) is 103 Å². The smallest absolute Gasteiger partial charge is 0.0781 e. The van der Waals surface area contributed by atoms with Gasteiger partial charge in [0.2, 0.25) is 0 Å². The zero-order valence-electron chi connectivity index (χ0n) is 12.2. The number of para-hydroxylation sites is 1. The van der Waals surface area contributed by atoms with Crippen molar-refractivity contribution in [2.75, 3.05) is 0 Å². The van der Waals surface area contributed by atoms with Crippen LogP contribution in [0.4, 0.5) is 5.69 Å². The summed E-state index contributed by atoms with van der Waals surface area (Å²) in [5, 5.41) is 0. The third-order valence-corrected chi connectivity index (χ3v) is 3.36. The molecule has 0 fully saturated rings. The number of rotatable bonds is 4. The zero-order chi connectivity index (χ0) is 15.2. The van der Waals surface area contributed by atoms with Crippen molar-refractivity contribution in [3.63, 3.8) is 0 Å². The van der Waals surface area contributed by atoms with E-state index in [9.17, 15) is 0 Å². The van der Waals surface area contributed by atoms with Crippen molar-refractivity contribution in [1.29, 1.82) is 0 Å². The number of hydrogen-bond acceptors (Lipinski definition) is 2. The van der Waals surface area contributed by atoms with Crippen molar-refractivity contribution in [1.82, 2.24) is 4.98 Å². The maximum absolute atomic E-state index is 4.80. The van der Waals surface area contributed by atoms with Crippen LogP contribution in [0.2, 0.25) is 0 Å². The SMILES string of the molecule is C=C(C(=Nc1ccccc1)c1ccccc1)c1ccncc1. The van der Waals surface area contributed by atoms with Crippen molar-refractivity contribution in [2.45, 2.75) is 0 Å². The van der Waals surface area contributed by atoms with Crippen LogP contribution in [0.25, 0.3) is 5.57 Å². The summed E-state index contributed by atoms with van der Waals surface area (Å²) in [6.45, 7) is 4.24. The number of pyridine rings is 1. The Labute approximate surface area is 130 Å². The molecule has 0 radical (unpaired) electrons. The second-order valence-corrected chi connectivity index (χ2v) is 4.88. The van der Waals surface area contributed by atoms with Gasteiger partial charge in [-0.05, 0) is 29.8 Å². The number of hydrogen-bond donors (Lipinski definition) is 0. The zero-order valence-corrected chi connectivity index (χ0v) is 12.2. The largest absolute Gasteiger partial charge is 0.265 e. The van der Waals surface area contributed by atoms with Gasteiger partial charge >= 0.3 is 0 Å². The minimum absolute atomic E-state index is 0.873. The molecule has 0 bridgehead atoms. The Kier molecular flexibility index (Phi) is 4.21. The highest BCUT2D eigenvalue weighted by atomic mass is 14.7. The van der Waals surface area contributed by atoms with Crippen molar-refractivity contribution in [2.24, 2.45) is 4.99 Å². The Bertz CT molecular complexity index is 776. The van der Waals surface area contributed by atoms with Crippen LogP contribution in [-0.4, -0.2) is 10.7 Å². The van der Waals surface area contributed by atoms with E-state index in [0.29, 0.717) is 0 Å². The van der Waals surface area contributed by atoms with Gasteiger partial charge in [0, 0.05) is 23.5 Å². The molecule has 1 aromatic heterocycles. The second-order valence-electron chi connectivity index (χ2n) is 4.88. The van der Waals surface area contributed by atoms with E-state index >= 15 is 0 Å². The van der Waals surface area contributed by atoms with Gasteiger partial charge in [0.25, 0.3) is 0 Å². The van der Waals surface area contributed by atoms with Crippen molar-refractivity contribution >= 4 is 17.0 Å². The van der Waals surface area contributed by atoms with Gasteiger partial charge in [-0.15, -0.1) is 0 Å². The van der Waals surface area contributed by atoms with Crippen molar-refractivity contribution in [3.8, 4) is 0 Å². The summed E-state index contributed by atoms with van der Waals surface area (Å²) in [5.74, 6) is 0. The number of allylic oxidation sites excluding steroid dienone is 1. The second kappa shape index (κ2) is 6.64. The van der Waals surface area contributed by atoms with E-state index in [1.54, 1.807) is 12.4 Å². The third-order valence-electron chi connectivity index (χ3n) is 3.36. The predicted octanol–water partition coefficient (Wildman–Crippen LogP) is 4.92. The summed E-state index contributed by atoms with van der Waals surface area (Å²) in [4.78, 5) is 8.86. The van der Waals surface area contributed by atoms with Crippen LogP contribution in [0.3, 0.4) is 0 Å². The molecule has 0 amide bonds. The van der Waals surface area contributed by atoms with Crippen LogP contribution in [-0.2, 0) is 0 Å². The maximum Gasteiger partial charge on any atom is 0.0781 e. The molecule has 106 valence electrons. The topological polar surface area (TPSA) is 25.2 Å². The van der Waals surface area contributed by atoms with E-state index in [1.807, 2.05) is 72.8 Å². The fourth-order valence-electron chi connectivity index (χ4n) is 2.22. The lowest BCUT2D eigenvalue weighted by molar-refractivity contribution is 1.32. The molecule has 0 aliphatic rings. The molecule has 1 heterocycles. The molecule has 0 saturated heterocycles. The first-order valence-corrected chi connectivity index (χ1v) is 7.13. The van der Waals surface area contributed by atoms with Crippen LogP contribution in [0.15, 0.2) is 96.8 Å². The first-order valence-electron chi connectivity index (χ1n) is 7.13. The van der Waals surface area contributed by atoms with Gasteiger partial charge in [0.1, 0.15) is 0 Å². The average molecular weight is 284 g/mol. The molecule has 0 saturated carbocycles. The van der Waals surface area contributed by atoms with Gasteiger partial charge in [-0.3, -0.25) is 4.98 Å². The Balaban J connectivity index is 2.08. The minimum Gasteiger partial charge on any atom is -0.265 e. The van der Waals surface area contributed by atoms with Gasteiger partial charge in [-0.25, -0.2) is 4.99 Å². The lowest BCUT2D eigenvalue weighted by Crippen LogP contribution is -2.03. The molecule has 0 unspecified atom stereocenters. The number of aliphatic imine (C=N–C) groups is 1. The number of nitrogens with zero attached hydrogens (tertiary/aromatic N) is 2. The number of aromatic nitrogens is 1. The summed E-state index contributed by atoms with van der Waals surface area (Å²) >= 11 is 0. The first-order chi connectivity index (χ1) is 10.8. The van der Waals surface area contributed by atoms with Gasteiger partial charge < -0.3 is 0 Å². The molecular weight excluding hydrogens is 268 g/mol. The monoisotopic (exact) mass is 284 g/mol. The standard InChI is InChI=1S/C20H16N2/c1-16(17-12-14-21-15-13-17)20(18-8-4-2-5-9-18)22-19-10-6-3-7-11-19/h2-15H,1H2. The predicted molar refractivity (Wildman–Crippen MR) is 92.4 cm³/mol. The summed E-state index contributed by atoms with van der Waals surface area (Å²) < 4.78 is 0. The normalized spacial score (nSPS) is 11.2. The lowest BCUT2D eigenvalue weighted by Gasteiger charge is -2.10. The Morgan fingerprint density at radius 2 is 1.32 bits per heavy atom. The van der Waals surface area contributed by atoms with Gasteiger partial charge in [-0.2, -0.15) is 0 Å². The van der Waals surface area contributed by atoms with Gasteiger partial charge in [-0.1, -0.05) is 55.1 Å². The Morgan fingerprint density at radius 1 is 0.727 bits per heavy atom. The molecular formula is C20H16N2. The summed E-state index contributed by atoms with van der Waals surface area (Å²) in [6.07, 6.45) is 3.54. The molecule has 3 rings (SSSR count). The minimum atomic E-state index is 0.873. The van der Waals surface area contributed by atoms with Crippen LogP contribution < -0.4 is 0 Å². The highest BCUT2D eigenvalue weighted by Crippen LogP contribution is 2.22. The summed E-state index contributed by atoms with van der Waals surface area (Å²) in [5.41, 5.74) is 4.74. The molecule has 0 spiro atoms. The van der Waals surface area contributed by atoms with E-state index in [4.69, 9.17) is 4.99 Å². The molecule has 0 aliphatic carbocycles. The molecule has 3 aromatic rings. The lowest BCUT2D eigenvalue weighted by atomic mass is 9.98. The average Bonchev–Trinajstić information content (AvgIpc) is 2.61. The summed E-state index contributed by atoms with van der Waals surface area (Å²) in [7, 11) is 0. The Morgan fingerprint density at radius 3 is 1.95 bits per heavy atom. The van der Waals surface area contributed by atoms with Gasteiger partial charge in [0.05, 0.1) is 11.4 Å². The molecule has 2 aromatic carbocycles. The molecule has 0 N–H and O–H groups in total. The molecule has 2 nitrogen and oxygen atoms in total. The van der Waals surface area contributed by atoms with Crippen molar-refractivity contribution < 1.29 is 0 Å². The van der Waals surface area contributed by atoms with Crippen LogP contribution >= 0.6 is 0 Å². The quantitative estimate of drug-likeness (QED) is 0.624. The van der Waals surface area contributed by atoms with E-state index in [-0.39, 0.29) is 0 Å². The Hall–Kier alpha value is -3.00. The first kappa shape index (κ1) is 14.0. The summed E-state index contributed by atoms with van der Waals surface area (Å²) in [6, 6.07) is 23.9. The van der Waals surface area contributed by atoms with E-state index in [2.05, 4.69) is 11.6 Å². The van der Waals surface area contributed by atoms with E-state index in [0.717, 1.165) is 28.1 Å². The van der Waals surface area contributed by atoms with E-state index < -0.39 is 0 Å². The molecule has 22 heavy (non-hydrogen) atoms. The van der Waals surface area contributed by atoms with E-state index in [1.165, 1.54) is 0 Å². The third kappa shape index (κ3) is 3.18. The fourth-order valence-corrected chi connectivity index (χ4v) is 2.22. The highest BCUT2D eigenvalue weighted by molar-refractivity contribution is 6.31. The van der Waals surface area contributed by atoms with Crippen LogP contribution in [0.5, 0.6) is 0 Å². The maximum atomic E-state index is 4.80. The number of benzene rings is 2. The fraction of sp³-hybridized carbons (Fsp3) is 0. The molecule has 2 heteroatoms. The molecule has 0 atom stereocenters. The van der Waals surface area contributed by atoms with Crippen LogP contribution in [0.1, 0.15) is 11.1 Å². The van der Waals surface area contributed by atoms with Gasteiger partial charge in [0.15, 0.2) is 0 Å². The molecule has 0 aliphatic heterocycles. The van der Waals surface area contributed by atoms with Crippen LogP contribution in [0, 0.1) is 0 Å².